The number of carbonyl (C=O) groups excluding carboxylic acids is 4. The average molecular weight is 1450 g/mol. The summed E-state index contributed by atoms with van der Waals surface area (Å²) in [5, 5.41) is 38.4. The Morgan fingerprint density at radius 3 is 1.89 bits per heavy atom. The highest BCUT2D eigenvalue weighted by Crippen LogP contribution is 2.38. The third-order valence-electron chi connectivity index (χ3n) is 17.1. The molecule has 0 aliphatic heterocycles. The van der Waals surface area contributed by atoms with Crippen LogP contribution in [0.3, 0.4) is 0 Å². The van der Waals surface area contributed by atoms with Crippen LogP contribution in [0.25, 0.3) is 22.6 Å². The zero-order valence-electron chi connectivity index (χ0n) is 60.6. The Hall–Kier alpha value is -8.00. The van der Waals surface area contributed by atoms with Gasteiger partial charge in [-0.25, -0.2) is 23.1 Å². The van der Waals surface area contributed by atoms with E-state index in [4.69, 9.17) is 44.3 Å². The Labute approximate surface area is 596 Å². The predicted octanol–water partition coefficient (Wildman–Crippen LogP) is 13.3. The van der Waals surface area contributed by atoms with Gasteiger partial charge in [0.2, 0.25) is 22.3 Å². The topological polar surface area (TPSA) is 290 Å². The maximum absolute atomic E-state index is 13.1. The Morgan fingerprint density at radius 1 is 0.697 bits per heavy atom. The molecule has 3 aromatic carbocycles. The van der Waals surface area contributed by atoms with Crippen molar-refractivity contribution in [1.82, 2.24) is 60.2 Å². The number of para-hydroxylation sites is 2. The lowest BCUT2D eigenvalue weighted by Crippen LogP contribution is -2.57. The number of H-pyrrole nitrogens is 3. The molecule has 3 amide bonds. The molecule has 0 aliphatic rings. The molecule has 9 aromatic rings. The lowest BCUT2D eigenvalue weighted by molar-refractivity contribution is -0.578. The van der Waals surface area contributed by atoms with Gasteiger partial charge in [0, 0.05) is 50.8 Å². The second-order valence-electron chi connectivity index (χ2n) is 29.4. The highest BCUT2D eigenvalue weighted by atomic mass is 35.5. The zero-order chi connectivity index (χ0) is 73.2. The van der Waals surface area contributed by atoms with Gasteiger partial charge in [0.25, 0.3) is 18.1 Å². The van der Waals surface area contributed by atoms with Gasteiger partial charge in [-0.3, -0.25) is 24.2 Å². The number of aromatic amines is 3. The molecule has 0 radical (unpaired) electrons. The number of benzene rings is 3. The summed E-state index contributed by atoms with van der Waals surface area (Å²) in [5.41, 5.74) is 5.60. The van der Waals surface area contributed by atoms with Crippen LogP contribution in [0.5, 0.6) is 11.5 Å². The molecular formula is C71H101Cl3N16O8S+2. The van der Waals surface area contributed by atoms with Gasteiger partial charge >= 0.3 is 11.3 Å². The second kappa shape index (κ2) is 32.5. The summed E-state index contributed by atoms with van der Waals surface area (Å²) >= 11 is 19.6. The molecule has 0 aliphatic carbocycles. The first-order valence-electron chi connectivity index (χ1n) is 33.7. The van der Waals surface area contributed by atoms with Crippen LogP contribution in [0.1, 0.15) is 210 Å². The fourth-order valence-corrected chi connectivity index (χ4v) is 13.1. The number of fused-ring (bicyclic) bond motifs is 3. The standard InChI is InChI=1S/C30H47ClN6O4S.C22H30ClN5O2.C19H22ClN5O2/c1-9-10-11-12-13-16-19-42(39,40)36-21-17-14-15-18-22(21)41-20-23(38)32-30(7,8)29(5,6)27-34-33-26-24(31)25(28(2,3)4)35-37(26)27;1-7-17(30-16-10-8-9-14(2)11-16)21(29)24-12-15(3)27-13-28-20(26-27)18(23)19(25-28)22(4,5)6;1-12(26)5-10-15(27)21-13-6-8-14(9-7-13)24-11-25-18(23-24)16(20)17(22-25)19(2,3)4/h14-15,17-18,35-36H,9-13,16,19-20H2,1-8H3,(H,32,38);8-11,13,15,17H,7,12H2,1-6H3,(H-,24,25,26,29);6-9,11H,5,10H2,1-4H3,(H-,21,22,23,27)/p+2. The number of nitrogens with zero attached hydrogens (tertiary/aromatic N) is 9. The zero-order valence-corrected chi connectivity index (χ0v) is 63.6. The SMILES string of the molecule is CC(=O)CCC(=O)Nc1ccc(-n2c[n+]3[nH]c(C(C)(C)C)c(Cl)c3n2)cc1.CCC(Oc1cccc(C)c1)C(=O)NCC(C)n1c[n+]2[nH]c(C(C)(C)C)c(Cl)c2n1.CCCCCCCCS(=O)(=O)Nc1ccccc1OCC(=O)NC(C)(C)C(C)(C)c1nnc2c(Cl)c(C(C)(C)C)[nH]n12. The van der Waals surface area contributed by atoms with E-state index in [1.807, 2.05) is 102 Å². The molecule has 7 N–H and O–H groups in total. The quantitative estimate of drug-likeness (QED) is 0.0187. The normalized spacial score (nSPS) is 12.9. The molecule has 99 heavy (non-hydrogen) atoms. The minimum atomic E-state index is -3.55. The van der Waals surface area contributed by atoms with Crippen molar-refractivity contribution in [3.8, 4) is 17.2 Å². The summed E-state index contributed by atoms with van der Waals surface area (Å²) in [5.74, 6) is 0.964. The van der Waals surface area contributed by atoms with Crippen molar-refractivity contribution in [3.05, 3.63) is 129 Å². The van der Waals surface area contributed by atoms with Crippen LogP contribution >= 0.6 is 34.8 Å². The van der Waals surface area contributed by atoms with E-state index in [9.17, 15) is 27.6 Å². The van der Waals surface area contributed by atoms with Crippen LogP contribution in [0.2, 0.25) is 15.1 Å². The summed E-state index contributed by atoms with van der Waals surface area (Å²) < 4.78 is 48.6. The van der Waals surface area contributed by atoms with E-state index in [0.29, 0.717) is 74.3 Å². The third kappa shape index (κ3) is 20.4. The van der Waals surface area contributed by atoms with Crippen LogP contribution in [-0.4, -0.2) is 112 Å². The molecule has 538 valence electrons. The van der Waals surface area contributed by atoms with Crippen LogP contribution in [-0.2, 0) is 50.9 Å². The fourth-order valence-electron chi connectivity index (χ4n) is 10.5. The van der Waals surface area contributed by atoms with Crippen molar-refractivity contribution in [2.45, 2.75) is 222 Å². The minimum absolute atomic E-state index is 0.000617. The summed E-state index contributed by atoms with van der Waals surface area (Å²) in [6.45, 7) is 36.2. The van der Waals surface area contributed by atoms with Gasteiger partial charge in [-0.15, -0.1) is 23.9 Å². The fraction of sp³-hybridized carbons (Fsp3) is 0.521. The maximum Gasteiger partial charge on any atom is 0.344 e. The van der Waals surface area contributed by atoms with Gasteiger partial charge in [-0.2, -0.15) is 0 Å². The number of aryl methyl sites for hydroxylation is 1. The summed E-state index contributed by atoms with van der Waals surface area (Å²) in [7, 11) is -3.55. The Balaban J connectivity index is 0.000000215. The second-order valence-corrected chi connectivity index (χ2v) is 32.3. The molecule has 28 heteroatoms. The lowest BCUT2D eigenvalue weighted by atomic mass is 9.73. The highest BCUT2D eigenvalue weighted by molar-refractivity contribution is 7.92. The molecule has 0 fully saturated rings. The van der Waals surface area contributed by atoms with Crippen LogP contribution in [0.15, 0.2) is 85.5 Å². The monoisotopic (exact) mass is 1440 g/mol. The molecule has 9 rings (SSSR count). The molecule has 0 spiro atoms. The Bertz CT molecular complexity index is 4370. The number of amides is 3. The lowest BCUT2D eigenvalue weighted by Gasteiger charge is -2.40. The number of nitrogens with one attached hydrogen (secondary N) is 7. The van der Waals surface area contributed by atoms with Crippen molar-refractivity contribution in [3.63, 3.8) is 0 Å². The summed E-state index contributed by atoms with van der Waals surface area (Å²) in [4.78, 5) is 48.5. The van der Waals surface area contributed by atoms with Crippen LogP contribution in [0, 0.1) is 6.92 Å². The third-order valence-corrected chi connectivity index (χ3v) is 19.5. The van der Waals surface area contributed by atoms with Crippen molar-refractivity contribution in [2.24, 2.45) is 0 Å². The van der Waals surface area contributed by atoms with E-state index in [1.54, 1.807) is 54.8 Å². The number of halogens is 3. The van der Waals surface area contributed by atoms with Gasteiger partial charge in [0.05, 0.1) is 40.2 Å². The first-order valence-corrected chi connectivity index (χ1v) is 36.5. The predicted molar refractivity (Wildman–Crippen MR) is 389 cm³/mol. The van der Waals surface area contributed by atoms with Gasteiger partial charge in [-0.1, -0.05) is 186 Å². The number of ether oxygens (including phenoxy) is 2. The molecule has 6 aromatic heterocycles. The Kier molecular flexibility index (Phi) is 25.8. The van der Waals surface area contributed by atoms with E-state index in [0.717, 1.165) is 54.0 Å². The van der Waals surface area contributed by atoms with Crippen molar-refractivity contribution in [2.75, 3.05) is 28.9 Å². The van der Waals surface area contributed by atoms with Crippen molar-refractivity contribution >= 4 is 96.6 Å². The van der Waals surface area contributed by atoms with Gasteiger partial charge in [-0.05, 0) is 102 Å². The number of carbonyl (C=O) groups is 4. The average Bonchev–Trinajstić information content (AvgIpc) is 1.61. The van der Waals surface area contributed by atoms with E-state index < -0.39 is 27.1 Å². The number of unbranched alkanes of at least 4 members (excludes halogenated alkanes) is 5. The Morgan fingerprint density at radius 2 is 1.30 bits per heavy atom. The largest absolute Gasteiger partial charge is 0.482 e. The summed E-state index contributed by atoms with van der Waals surface area (Å²) in [6, 6.07) is 21.7. The molecule has 24 nitrogen and oxygen atoms in total. The molecule has 0 saturated carbocycles. The molecule has 2 atom stereocenters. The van der Waals surface area contributed by atoms with E-state index >= 15 is 0 Å². The van der Waals surface area contributed by atoms with E-state index in [1.165, 1.54) is 13.3 Å². The summed E-state index contributed by atoms with van der Waals surface area (Å²) in [6.07, 6.45) is 10.1. The number of ketones is 1. The molecule has 6 heterocycles. The first-order chi connectivity index (χ1) is 46.2. The minimum Gasteiger partial charge on any atom is -0.482 e. The van der Waals surface area contributed by atoms with E-state index in [2.05, 4.69) is 126 Å². The van der Waals surface area contributed by atoms with E-state index in [-0.39, 0.29) is 76.7 Å². The number of aromatic nitrogens is 12. The number of hydrogen-bond acceptors (Lipinski definition) is 12. The van der Waals surface area contributed by atoms with Crippen LogP contribution < -0.4 is 39.2 Å². The van der Waals surface area contributed by atoms with Crippen molar-refractivity contribution in [1.29, 1.82) is 0 Å². The molecule has 0 saturated heterocycles. The van der Waals surface area contributed by atoms with Gasteiger partial charge < -0.3 is 30.2 Å². The van der Waals surface area contributed by atoms with Crippen LogP contribution in [0.4, 0.5) is 11.4 Å². The molecular weight excluding hydrogens is 1340 g/mol. The number of sulfonamides is 1. The first kappa shape index (κ1) is 78.3. The number of rotatable bonds is 27. The maximum atomic E-state index is 13.1. The molecule has 0 bridgehead atoms. The van der Waals surface area contributed by atoms with Gasteiger partial charge in [0.15, 0.2) is 24.2 Å². The number of hydrogen-bond donors (Lipinski definition) is 7. The number of anilines is 2. The molecule has 2 unspecified atom stereocenters. The van der Waals surface area contributed by atoms with Crippen molar-refractivity contribution < 1.29 is 46.1 Å². The van der Waals surface area contributed by atoms with Gasteiger partial charge in [0.1, 0.15) is 44.1 Å². The number of Topliss-reactive ketones (excluding diaryl/α,β-unsaturated/α-hetero) is 1. The highest BCUT2D eigenvalue weighted by Gasteiger charge is 2.44. The smallest absolute Gasteiger partial charge is 0.344 e.